The van der Waals surface area contributed by atoms with Crippen molar-refractivity contribution < 1.29 is 4.74 Å². The molecule has 0 amide bonds. The zero-order chi connectivity index (χ0) is 21.3. The number of pyridine rings is 1. The van der Waals surface area contributed by atoms with Crippen LogP contribution in [0.3, 0.4) is 0 Å². The van der Waals surface area contributed by atoms with Crippen molar-refractivity contribution >= 4 is 17.2 Å². The van der Waals surface area contributed by atoms with E-state index >= 15 is 0 Å². The second kappa shape index (κ2) is 8.05. The van der Waals surface area contributed by atoms with Gasteiger partial charge < -0.3 is 21.1 Å². The van der Waals surface area contributed by atoms with Crippen molar-refractivity contribution in [1.29, 1.82) is 5.26 Å². The Morgan fingerprint density at radius 3 is 2.40 bits per heavy atom. The Labute approximate surface area is 176 Å². The summed E-state index contributed by atoms with van der Waals surface area (Å²) in [5.74, 6) is 2.39. The molecule has 0 radical (unpaired) electrons. The number of nitrogens with two attached hydrogens (primary N) is 1. The van der Waals surface area contributed by atoms with Gasteiger partial charge in [0.1, 0.15) is 5.75 Å². The summed E-state index contributed by atoms with van der Waals surface area (Å²) in [4.78, 5) is 4.55. The normalized spacial score (nSPS) is 17.3. The molecule has 1 heterocycles. The van der Waals surface area contributed by atoms with Crippen LogP contribution in [0.2, 0.25) is 0 Å². The van der Waals surface area contributed by atoms with Crippen LogP contribution >= 0.6 is 0 Å². The molecule has 2 unspecified atom stereocenters. The van der Waals surface area contributed by atoms with Gasteiger partial charge in [-0.2, -0.15) is 10.2 Å². The van der Waals surface area contributed by atoms with E-state index in [0.29, 0.717) is 34.9 Å². The number of benzene rings is 2. The van der Waals surface area contributed by atoms with Crippen LogP contribution in [0.15, 0.2) is 48.5 Å². The summed E-state index contributed by atoms with van der Waals surface area (Å²) in [6, 6.07) is 17.7. The van der Waals surface area contributed by atoms with E-state index in [2.05, 4.69) is 47.7 Å². The van der Waals surface area contributed by atoms with Gasteiger partial charge >= 0.3 is 0 Å². The third-order valence-electron chi connectivity index (χ3n) is 5.46. The van der Waals surface area contributed by atoms with E-state index < -0.39 is 0 Å². The highest BCUT2D eigenvalue weighted by atomic mass is 16.5. The van der Waals surface area contributed by atoms with E-state index in [-0.39, 0.29) is 0 Å². The molecule has 1 aliphatic rings. The Morgan fingerprint density at radius 1 is 1.10 bits per heavy atom. The number of rotatable bonds is 6. The summed E-state index contributed by atoms with van der Waals surface area (Å²) in [5.41, 5.74) is 11.5. The zero-order valence-corrected chi connectivity index (χ0v) is 17.4. The predicted molar refractivity (Wildman–Crippen MR) is 119 cm³/mol. The average molecular weight is 399 g/mol. The Morgan fingerprint density at radius 2 is 1.80 bits per heavy atom. The van der Waals surface area contributed by atoms with Gasteiger partial charge in [0.25, 0.3) is 0 Å². The topological polar surface area (TPSA) is 96.0 Å². The standard InChI is InChI=1S/C24H25N5O/c1-14-10-17(19-12-21(19)27-3)11-15(2)23(14)30-22-9-8-20(26)24(29-22)28-18-6-4-16(13-25)5-7-18/h4-11,19,21,27H,12,26H2,1-3H3,(H,28,29). The number of nitriles is 1. The highest BCUT2D eigenvalue weighted by molar-refractivity contribution is 5.69. The lowest BCUT2D eigenvalue weighted by atomic mass is 10.0. The van der Waals surface area contributed by atoms with Crippen molar-refractivity contribution in [3.8, 4) is 17.7 Å². The van der Waals surface area contributed by atoms with Crippen LogP contribution in [0.1, 0.15) is 34.6 Å². The van der Waals surface area contributed by atoms with E-state index in [1.807, 2.05) is 19.2 Å². The predicted octanol–water partition coefficient (Wildman–Crippen LogP) is 4.76. The molecule has 0 aliphatic heterocycles. The molecule has 1 aromatic heterocycles. The number of aryl methyl sites for hydroxylation is 2. The zero-order valence-electron chi connectivity index (χ0n) is 17.4. The Kier molecular flexibility index (Phi) is 5.30. The van der Waals surface area contributed by atoms with Gasteiger partial charge in [-0.25, -0.2) is 0 Å². The first kappa shape index (κ1) is 19.7. The maximum absolute atomic E-state index is 8.94. The molecule has 0 bridgehead atoms. The number of likely N-dealkylation sites (N-methyl/N-ethyl adjacent to an activating group) is 1. The van der Waals surface area contributed by atoms with Crippen LogP contribution in [0.4, 0.5) is 17.2 Å². The number of hydrogen-bond donors (Lipinski definition) is 3. The molecule has 3 aromatic rings. The molecule has 2 aromatic carbocycles. The third-order valence-corrected chi connectivity index (χ3v) is 5.46. The van der Waals surface area contributed by atoms with E-state index in [0.717, 1.165) is 22.6 Å². The summed E-state index contributed by atoms with van der Waals surface area (Å²) in [6.07, 6.45) is 1.18. The van der Waals surface area contributed by atoms with Crippen molar-refractivity contribution in [2.75, 3.05) is 18.1 Å². The number of nitrogens with zero attached hydrogens (tertiary/aromatic N) is 2. The van der Waals surface area contributed by atoms with Gasteiger partial charge in [0.15, 0.2) is 5.82 Å². The van der Waals surface area contributed by atoms with E-state index in [1.54, 1.807) is 24.3 Å². The number of nitrogen functional groups attached to an aromatic ring is 1. The first-order chi connectivity index (χ1) is 14.5. The smallest absolute Gasteiger partial charge is 0.221 e. The second-order valence-corrected chi connectivity index (χ2v) is 7.72. The number of hydrogen-bond acceptors (Lipinski definition) is 6. The quantitative estimate of drug-likeness (QED) is 0.553. The first-order valence-electron chi connectivity index (χ1n) is 9.98. The van der Waals surface area contributed by atoms with Crippen LogP contribution < -0.4 is 21.1 Å². The minimum atomic E-state index is 0.471. The fraction of sp³-hybridized carbons (Fsp3) is 0.250. The van der Waals surface area contributed by atoms with Crippen LogP contribution in [-0.2, 0) is 0 Å². The number of ether oxygens (including phenoxy) is 1. The average Bonchev–Trinajstić information content (AvgIpc) is 3.53. The molecule has 4 rings (SSSR count). The van der Waals surface area contributed by atoms with E-state index in [4.69, 9.17) is 15.7 Å². The van der Waals surface area contributed by atoms with E-state index in [1.165, 1.54) is 12.0 Å². The van der Waals surface area contributed by atoms with E-state index in [9.17, 15) is 0 Å². The van der Waals surface area contributed by atoms with Crippen LogP contribution in [0.5, 0.6) is 11.6 Å². The maximum atomic E-state index is 8.94. The van der Waals surface area contributed by atoms with Crippen molar-refractivity contribution in [2.24, 2.45) is 0 Å². The molecule has 30 heavy (non-hydrogen) atoms. The molecular formula is C24H25N5O. The summed E-state index contributed by atoms with van der Waals surface area (Å²) in [7, 11) is 2.01. The van der Waals surface area contributed by atoms with Crippen molar-refractivity contribution in [1.82, 2.24) is 10.3 Å². The number of aromatic nitrogens is 1. The molecule has 152 valence electrons. The molecule has 2 atom stereocenters. The molecule has 0 spiro atoms. The fourth-order valence-electron chi connectivity index (χ4n) is 3.72. The SMILES string of the molecule is CNC1CC1c1cc(C)c(Oc2ccc(N)c(Nc3ccc(C#N)cc3)n2)c(C)c1. The van der Waals surface area contributed by atoms with Gasteiger partial charge in [-0.05, 0) is 74.3 Å². The minimum absolute atomic E-state index is 0.471. The van der Waals surface area contributed by atoms with Gasteiger partial charge in [0.2, 0.25) is 5.88 Å². The molecule has 1 aliphatic carbocycles. The largest absolute Gasteiger partial charge is 0.438 e. The van der Waals surface area contributed by atoms with Crippen LogP contribution in [-0.4, -0.2) is 18.1 Å². The van der Waals surface area contributed by atoms with Gasteiger partial charge in [-0.1, -0.05) is 12.1 Å². The Balaban J connectivity index is 1.55. The molecule has 0 saturated heterocycles. The minimum Gasteiger partial charge on any atom is -0.438 e. The fourth-order valence-corrected chi connectivity index (χ4v) is 3.72. The van der Waals surface area contributed by atoms with Crippen LogP contribution in [0.25, 0.3) is 0 Å². The molecular weight excluding hydrogens is 374 g/mol. The number of nitrogens with one attached hydrogen (secondary N) is 2. The second-order valence-electron chi connectivity index (χ2n) is 7.72. The summed E-state index contributed by atoms with van der Waals surface area (Å²) < 4.78 is 6.15. The molecule has 1 saturated carbocycles. The van der Waals surface area contributed by atoms with Crippen molar-refractivity contribution in [3.63, 3.8) is 0 Å². The van der Waals surface area contributed by atoms with Gasteiger partial charge in [-0.3, -0.25) is 0 Å². The van der Waals surface area contributed by atoms with Crippen LogP contribution in [0, 0.1) is 25.2 Å². The Hall–Kier alpha value is -3.56. The maximum Gasteiger partial charge on any atom is 0.221 e. The molecule has 4 N–H and O–H groups in total. The molecule has 6 nitrogen and oxygen atoms in total. The third kappa shape index (κ3) is 4.07. The molecule has 6 heteroatoms. The Bertz CT molecular complexity index is 1090. The van der Waals surface area contributed by atoms with Gasteiger partial charge in [0.05, 0.1) is 17.3 Å². The lowest BCUT2D eigenvalue weighted by Gasteiger charge is -2.15. The van der Waals surface area contributed by atoms with Crippen molar-refractivity contribution in [2.45, 2.75) is 32.2 Å². The van der Waals surface area contributed by atoms with Crippen molar-refractivity contribution in [3.05, 3.63) is 70.8 Å². The summed E-state index contributed by atoms with van der Waals surface area (Å²) >= 11 is 0. The van der Waals surface area contributed by atoms with Gasteiger partial charge in [0, 0.05) is 23.7 Å². The van der Waals surface area contributed by atoms with Gasteiger partial charge in [-0.15, -0.1) is 0 Å². The highest BCUT2D eigenvalue weighted by Gasteiger charge is 2.37. The lowest BCUT2D eigenvalue weighted by Crippen LogP contribution is -2.10. The summed E-state index contributed by atoms with van der Waals surface area (Å²) in [5, 5.41) is 15.5. The number of anilines is 3. The first-order valence-corrected chi connectivity index (χ1v) is 9.98. The lowest BCUT2D eigenvalue weighted by molar-refractivity contribution is 0.456. The summed E-state index contributed by atoms with van der Waals surface area (Å²) in [6.45, 7) is 4.13. The molecule has 1 fully saturated rings. The monoisotopic (exact) mass is 399 g/mol. The highest BCUT2D eigenvalue weighted by Crippen LogP contribution is 2.43.